The monoisotopic (exact) mass is 504 g/mol. The Hall–Kier alpha value is -2.39. The molecule has 1 aromatic heterocycles. The highest BCUT2D eigenvalue weighted by atomic mass is 79.9. The number of aliphatic hydroxyl groups excluding tert-OH is 2. The van der Waals surface area contributed by atoms with E-state index in [1.165, 1.54) is 10.9 Å². The summed E-state index contributed by atoms with van der Waals surface area (Å²) in [5, 5.41) is 19.5. The molecule has 0 radical (unpaired) electrons. The standard InChI is InChI=1S/C21H21BrN2O4.C3H8O/c22-14-3-6-19-18(9-14)17-7-8-24(12-26)21(20(17)23-19)13-1-4-16(5-2-13)28-11-15(27)10-25;1-3-4-2/h1-6,9,12,15,21,23,25,27H,7-8,10-11H2;3H2,1-2H3. The Labute approximate surface area is 196 Å². The predicted molar refractivity (Wildman–Crippen MR) is 127 cm³/mol. The van der Waals surface area contributed by atoms with Crippen LogP contribution in [0.4, 0.5) is 0 Å². The molecule has 8 heteroatoms. The first kappa shape index (κ1) is 24.3. The molecule has 2 atom stereocenters. The number of aliphatic hydroxyl groups is 2. The minimum atomic E-state index is -0.906. The normalized spacial score (nSPS) is 16.2. The fourth-order valence-electron chi connectivity index (χ4n) is 3.74. The highest BCUT2D eigenvalue weighted by Crippen LogP contribution is 2.38. The number of H-pyrrole nitrogens is 1. The average molecular weight is 505 g/mol. The van der Waals surface area contributed by atoms with Crippen LogP contribution in [0.25, 0.3) is 10.9 Å². The number of methoxy groups -OCH3 is 1. The Bertz CT molecular complexity index is 1020. The number of hydrogen-bond donors (Lipinski definition) is 3. The van der Waals surface area contributed by atoms with E-state index >= 15 is 0 Å². The van der Waals surface area contributed by atoms with Gasteiger partial charge < -0.3 is 29.6 Å². The van der Waals surface area contributed by atoms with Gasteiger partial charge in [0.1, 0.15) is 18.5 Å². The lowest BCUT2D eigenvalue weighted by molar-refractivity contribution is -0.120. The number of amides is 1. The van der Waals surface area contributed by atoms with Crippen molar-refractivity contribution in [2.45, 2.75) is 25.5 Å². The molecule has 0 spiro atoms. The summed E-state index contributed by atoms with van der Waals surface area (Å²) in [6.07, 6.45) is 0.801. The third kappa shape index (κ3) is 5.50. The van der Waals surface area contributed by atoms with Gasteiger partial charge in [-0.3, -0.25) is 4.79 Å². The van der Waals surface area contributed by atoms with Crippen LogP contribution in [0, 0.1) is 0 Å². The second kappa shape index (κ2) is 11.5. The van der Waals surface area contributed by atoms with Gasteiger partial charge in [-0.05, 0) is 54.8 Å². The molecular weight excluding hydrogens is 476 g/mol. The molecule has 2 aromatic carbocycles. The molecule has 1 aliphatic rings. The van der Waals surface area contributed by atoms with Gasteiger partial charge in [0.2, 0.25) is 6.41 Å². The average Bonchev–Trinajstić information content (AvgIpc) is 3.20. The first-order valence-corrected chi connectivity index (χ1v) is 11.3. The first-order chi connectivity index (χ1) is 15.5. The van der Waals surface area contributed by atoms with E-state index in [0.717, 1.165) is 40.7 Å². The maximum atomic E-state index is 11.7. The summed E-state index contributed by atoms with van der Waals surface area (Å²) in [6, 6.07) is 13.5. The van der Waals surface area contributed by atoms with Crippen LogP contribution in [0.2, 0.25) is 0 Å². The van der Waals surface area contributed by atoms with Crippen LogP contribution < -0.4 is 4.74 Å². The van der Waals surface area contributed by atoms with Gasteiger partial charge in [-0.2, -0.15) is 0 Å². The van der Waals surface area contributed by atoms with E-state index in [1.807, 2.05) is 43.3 Å². The summed E-state index contributed by atoms with van der Waals surface area (Å²) in [6.45, 7) is 3.12. The van der Waals surface area contributed by atoms with E-state index in [2.05, 4.69) is 31.7 Å². The number of hydrogen-bond acceptors (Lipinski definition) is 5. The second-order valence-corrected chi connectivity index (χ2v) is 8.41. The molecular formula is C24H29BrN2O5. The van der Waals surface area contributed by atoms with E-state index in [0.29, 0.717) is 12.3 Å². The summed E-state index contributed by atoms with van der Waals surface area (Å²) in [5.74, 6) is 0.602. The van der Waals surface area contributed by atoms with Crippen molar-refractivity contribution in [1.82, 2.24) is 9.88 Å². The molecule has 0 saturated carbocycles. The van der Waals surface area contributed by atoms with Crippen LogP contribution in [-0.4, -0.2) is 66.1 Å². The highest BCUT2D eigenvalue weighted by Gasteiger charge is 2.31. The minimum Gasteiger partial charge on any atom is -0.491 e. The van der Waals surface area contributed by atoms with Crippen LogP contribution in [0.5, 0.6) is 5.75 Å². The minimum absolute atomic E-state index is 0.0286. The Balaban J connectivity index is 0.000000668. The van der Waals surface area contributed by atoms with E-state index in [9.17, 15) is 9.90 Å². The highest BCUT2D eigenvalue weighted by molar-refractivity contribution is 9.10. The van der Waals surface area contributed by atoms with Gasteiger partial charge in [0.05, 0.1) is 12.6 Å². The quantitative estimate of drug-likeness (QED) is 0.428. The van der Waals surface area contributed by atoms with Crippen LogP contribution in [0.1, 0.15) is 29.8 Å². The third-order valence-electron chi connectivity index (χ3n) is 5.40. The molecule has 32 heavy (non-hydrogen) atoms. The van der Waals surface area contributed by atoms with E-state index < -0.39 is 6.10 Å². The molecule has 0 saturated heterocycles. The van der Waals surface area contributed by atoms with Gasteiger partial charge in [0, 0.05) is 41.3 Å². The Kier molecular flexibility index (Phi) is 8.69. The number of aromatic nitrogens is 1. The molecule has 2 unspecified atom stereocenters. The Morgan fingerprint density at radius 2 is 2.00 bits per heavy atom. The zero-order valence-corrected chi connectivity index (χ0v) is 19.8. The molecule has 4 rings (SSSR count). The van der Waals surface area contributed by atoms with Crippen molar-refractivity contribution in [2.75, 3.05) is 33.5 Å². The third-order valence-corrected chi connectivity index (χ3v) is 5.89. The van der Waals surface area contributed by atoms with Crippen molar-refractivity contribution in [2.24, 2.45) is 0 Å². The molecule has 3 N–H and O–H groups in total. The SMILES string of the molecule is CCOC.O=CN1CCc2c([nH]c3ccc(Br)cc23)C1c1ccc(OCC(O)CO)cc1. The zero-order chi connectivity index (χ0) is 23.1. The number of fused-ring (bicyclic) bond motifs is 3. The number of nitrogens with one attached hydrogen (secondary N) is 1. The molecule has 2 heterocycles. The fourth-order valence-corrected chi connectivity index (χ4v) is 4.10. The number of carbonyl (C=O) groups is 1. The largest absolute Gasteiger partial charge is 0.491 e. The Morgan fingerprint density at radius 1 is 1.28 bits per heavy atom. The topological polar surface area (TPSA) is 95.0 Å². The number of halogens is 1. The molecule has 1 amide bonds. The lowest BCUT2D eigenvalue weighted by atomic mass is 9.93. The summed E-state index contributed by atoms with van der Waals surface area (Å²) < 4.78 is 11.1. The van der Waals surface area contributed by atoms with Gasteiger partial charge in [-0.25, -0.2) is 0 Å². The lowest BCUT2D eigenvalue weighted by Crippen LogP contribution is -2.34. The van der Waals surface area contributed by atoms with Crippen molar-refractivity contribution in [3.05, 3.63) is 63.8 Å². The number of aromatic amines is 1. The summed E-state index contributed by atoms with van der Waals surface area (Å²) in [7, 11) is 1.68. The smallest absolute Gasteiger partial charge is 0.210 e. The van der Waals surface area contributed by atoms with Crippen LogP contribution in [-0.2, 0) is 16.0 Å². The van der Waals surface area contributed by atoms with Crippen molar-refractivity contribution >= 4 is 33.2 Å². The van der Waals surface area contributed by atoms with Crippen LogP contribution in [0.15, 0.2) is 46.9 Å². The van der Waals surface area contributed by atoms with Gasteiger partial charge in [0.15, 0.2) is 0 Å². The molecule has 0 fully saturated rings. The summed E-state index contributed by atoms with van der Waals surface area (Å²) >= 11 is 3.54. The predicted octanol–water partition coefficient (Wildman–Crippen LogP) is 3.42. The van der Waals surface area contributed by atoms with Crippen LogP contribution in [0.3, 0.4) is 0 Å². The van der Waals surface area contributed by atoms with Crippen molar-refractivity contribution < 1.29 is 24.5 Å². The maximum Gasteiger partial charge on any atom is 0.210 e. The van der Waals surface area contributed by atoms with Gasteiger partial charge in [-0.15, -0.1) is 0 Å². The molecule has 7 nitrogen and oxygen atoms in total. The Morgan fingerprint density at radius 3 is 2.62 bits per heavy atom. The van der Waals surface area contributed by atoms with E-state index in [4.69, 9.17) is 9.84 Å². The molecule has 172 valence electrons. The first-order valence-electron chi connectivity index (χ1n) is 10.5. The number of ether oxygens (including phenoxy) is 2. The molecule has 0 aliphatic carbocycles. The molecule has 0 bridgehead atoms. The van der Waals surface area contributed by atoms with Crippen molar-refractivity contribution in [3.63, 3.8) is 0 Å². The van der Waals surface area contributed by atoms with Gasteiger partial charge >= 0.3 is 0 Å². The lowest BCUT2D eigenvalue weighted by Gasteiger charge is -2.33. The summed E-state index contributed by atoms with van der Waals surface area (Å²) in [5.41, 5.74) is 4.32. The number of benzene rings is 2. The van der Waals surface area contributed by atoms with Crippen LogP contribution >= 0.6 is 15.9 Å². The van der Waals surface area contributed by atoms with Gasteiger partial charge in [-0.1, -0.05) is 28.1 Å². The fraction of sp³-hybridized carbons (Fsp3) is 0.375. The number of nitrogens with zero attached hydrogens (tertiary/aromatic N) is 1. The van der Waals surface area contributed by atoms with Crippen molar-refractivity contribution in [1.29, 1.82) is 0 Å². The zero-order valence-electron chi connectivity index (χ0n) is 18.3. The van der Waals surface area contributed by atoms with Gasteiger partial charge in [0.25, 0.3) is 0 Å². The number of carbonyl (C=O) groups excluding carboxylic acids is 1. The number of rotatable bonds is 7. The molecule has 3 aromatic rings. The second-order valence-electron chi connectivity index (χ2n) is 7.50. The maximum absolute atomic E-state index is 11.7. The molecule has 1 aliphatic heterocycles. The summed E-state index contributed by atoms with van der Waals surface area (Å²) in [4.78, 5) is 17.0. The van der Waals surface area contributed by atoms with Crippen molar-refractivity contribution in [3.8, 4) is 5.75 Å². The van der Waals surface area contributed by atoms with E-state index in [-0.39, 0.29) is 19.3 Å². The van der Waals surface area contributed by atoms with E-state index in [1.54, 1.807) is 12.0 Å².